The van der Waals surface area contributed by atoms with Gasteiger partial charge in [-0.25, -0.2) is 4.39 Å². The predicted octanol–water partition coefficient (Wildman–Crippen LogP) is 4.29. The van der Waals surface area contributed by atoms with E-state index in [0.717, 1.165) is 4.47 Å². The van der Waals surface area contributed by atoms with E-state index in [4.69, 9.17) is 9.47 Å². The van der Waals surface area contributed by atoms with Gasteiger partial charge in [0.25, 0.3) is 5.91 Å². The molecule has 0 saturated heterocycles. The van der Waals surface area contributed by atoms with Crippen LogP contribution in [0.2, 0.25) is 0 Å². The van der Waals surface area contributed by atoms with E-state index >= 15 is 0 Å². The quantitative estimate of drug-likeness (QED) is 0.661. The van der Waals surface area contributed by atoms with Crippen LogP contribution in [0.5, 0.6) is 11.5 Å². The zero-order valence-corrected chi connectivity index (χ0v) is 15.8. The van der Waals surface area contributed by atoms with Crippen molar-refractivity contribution >= 4 is 21.8 Å². The summed E-state index contributed by atoms with van der Waals surface area (Å²) in [7, 11) is 0. The average Bonchev–Trinajstić information content (AvgIpc) is 2.59. The number of benzene rings is 2. The van der Waals surface area contributed by atoms with Crippen LogP contribution in [0.3, 0.4) is 0 Å². The number of hydrogen-bond donors (Lipinski definition) is 1. The largest absolute Gasteiger partial charge is 0.492 e. The van der Waals surface area contributed by atoms with Gasteiger partial charge in [0.15, 0.2) is 6.61 Å². The van der Waals surface area contributed by atoms with Crippen molar-refractivity contribution in [3.63, 3.8) is 0 Å². The summed E-state index contributed by atoms with van der Waals surface area (Å²) in [6.45, 7) is 4.79. The number of hydrogen-bond acceptors (Lipinski definition) is 3. The molecule has 0 aliphatic rings. The van der Waals surface area contributed by atoms with Gasteiger partial charge < -0.3 is 14.8 Å². The van der Waals surface area contributed by atoms with Gasteiger partial charge in [-0.05, 0) is 63.8 Å². The van der Waals surface area contributed by atoms with E-state index in [1.165, 1.54) is 17.7 Å². The van der Waals surface area contributed by atoms with Gasteiger partial charge in [-0.15, -0.1) is 0 Å². The van der Waals surface area contributed by atoms with Crippen LogP contribution >= 0.6 is 15.9 Å². The average molecular weight is 410 g/mol. The maximum atomic E-state index is 12.8. The van der Waals surface area contributed by atoms with Crippen LogP contribution in [0.15, 0.2) is 46.9 Å². The Labute approximate surface area is 155 Å². The van der Waals surface area contributed by atoms with E-state index in [-0.39, 0.29) is 18.3 Å². The molecule has 0 aliphatic carbocycles. The molecule has 6 heteroatoms. The Bertz CT molecular complexity index is 704. The third-order valence-corrected chi connectivity index (χ3v) is 4.11. The van der Waals surface area contributed by atoms with Gasteiger partial charge in [0, 0.05) is 0 Å². The minimum atomic E-state index is -0.314. The number of carbonyl (C=O) groups excluding carboxylic acids is 1. The first-order chi connectivity index (χ1) is 12.0. The Morgan fingerprint density at radius 2 is 1.88 bits per heavy atom. The van der Waals surface area contributed by atoms with Crippen LogP contribution in [0.1, 0.15) is 25.3 Å². The highest BCUT2D eigenvalue weighted by Gasteiger charge is 2.08. The van der Waals surface area contributed by atoms with Crippen molar-refractivity contribution in [2.75, 3.05) is 19.8 Å². The maximum Gasteiger partial charge on any atom is 0.258 e. The minimum absolute atomic E-state index is 0.0732. The molecule has 0 spiro atoms. The molecule has 4 nitrogen and oxygen atoms in total. The van der Waals surface area contributed by atoms with Crippen molar-refractivity contribution in [3.05, 3.63) is 58.3 Å². The van der Waals surface area contributed by atoms with Gasteiger partial charge in [0.05, 0.1) is 11.0 Å². The number of halogens is 2. The van der Waals surface area contributed by atoms with Crippen molar-refractivity contribution in [1.82, 2.24) is 5.32 Å². The summed E-state index contributed by atoms with van der Waals surface area (Å²) in [4.78, 5) is 11.8. The van der Waals surface area contributed by atoms with Crippen LogP contribution in [-0.4, -0.2) is 25.7 Å². The van der Waals surface area contributed by atoms with Gasteiger partial charge in [-0.2, -0.15) is 0 Å². The monoisotopic (exact) mass is 409 g/mol. The highest BCUT2D eigenvalue weighted by atomic mass is 79.9. The molecule has 0 aromatic heterocycles. The Hall–Kier alpha value is -2.08. The first-order valence-corrected chi connectivity index (χ1v) is 8.82. The van der Waals surface area contributed by atoms with Crippen LogP contribution in [0.4, 0.5) is 4.39 Å². The molecule has 0 radical (unpaired) electrons. The smallest absolute Gasteiger partial charge is 0.258 e. The lowest BCUT2D eigenvalue weighted by Crippen LogP contribution is -2.32. The number of rotatable bonds is 8. The van der Waals surface area contributed by atoms with Crippen LogP contribution < -0.4 is 14.8 Å². The molecule has 0 saturated carbocycles. The molecule has 2 aromatic carbocycles. The number of amides is 1. The molecule has 0 atom stereocenters. The minimum Gasteiger partial charge on any atom is -0.492 e. The fraction of sp³-hybridized carbons (Fsp3) is 0.316. The molecule has 1 N–H and O–H groups in total. The highest BCUT2D eigenvalue weighted by Crippen LogP contribution is 2.28. The predicted molar refractivity (Wildman–Crippen MR) is 98.6 cm³/mol. The second-order valence-corrected chi connectivity index (χ2v) is 6.64. The molecular formula is C19H21BrFNO3. The highest BCUT2D eigenvalue weighted by molar-refractivity contribution is 9.10. The SMILES string of the molecule is CC(C)c1ccc(OCC(=O)NCCOc2ccc(F)cc2)c(Br)c1. The number of ether oxygens (including phenoxy) is 2. The van der Waals surface area contributed by atoms with Crippen molar-refractivity contribution in [2.24, 2.45) is 0 Å². The van der Waals surface area contributed by atoms with Crippen molar-refractivity contribution in [1.29, 1.82) is 0 Å². The molecule has 0 aliphatic heterocycles. The summed E-state index contributed by atoms with van der Waals surface area (Å²) in [5.74, 6) is 1.06. The Kier molecular flexibility index (Phi) is 7.25. The Morgan fingerprint density at radius 3 is 2.52 bits per heavy atom. The second kappa shape index (κ2) is 9.42. The zero-order chi connectivity index (χ0) is 18.2. The first kappa shape index (κ1) is 19.2. The van der Waals surface area contributed by atoms with Crippen molar-refractivity contribution < 1.29 is 18.7 Å². The molecule has 0 bridgehead atoms. The van der Waals surface area contributed by atoms with Crippen molar-refractivity contribution in [2.45, 2.75) is 19.8 Å². The van der Waals surface area contributed by atoms with E-state index in [1.807, 2.05) is 18.2 Å². The molecule has 1 amide bonds. The van der Waals surface area contributed by atoms with Gasteiger partial charge in [-0.1, -0.05) is 19.9 Å². The van der Waals surface area contributed by atoms with Gasteiger partial charge in [0.2, 0.25) is 0 Å². The van der Waals surface area contributed by atoms with Crippen LogP contribution in [0.25, 0.3) is 0 Å². The maximum absolute atomic E-state index is 12.8. The van der Waals surface area contributed by atoms with E-state index in [9.17, 15) is 9.18 Å². The molecule has 25 heavy (non-hydrogen) atoms. The Morgan fingerprint density at radius 1 is 1.16 bits per heavy atom. The summed E-state index contributed by atoms with van der Waals surface area (Å²) in [5.41, 5.74) is 1.20. The zero-order valence-electron chi connectivity index (χ0n) is 14.2. The summed E-state index contributed by atoms with van der Waals surface area (Å²) < 4.78 is 24.5. The third kappa shape index (κ3) is 6.38. The second-order valence-electron chi connectivity index (χ2n) is 5.79. The summed E-state index contributed by atoms with van der Waals surface area (Å²) in [6, 6.07) is 11.6. The summed E-state index contributed by atoms with van der Waals surface area (Å²) in [6.07, 6.45) is 0. The standard InChI is InChI=1S/C19H21BrFNO3/c1-13(2)14-3-8-18(17(20)11-14)25-12-19(23)22-9-10-24-16-6-4-15(21)5-7-16/h3-8,11,13H,9-10,12H2,1-2H3,(H,22,23). The molecule has 0 unspecified atom stereocenters. The van der Waals surface area contributed by atoms with Gasteiger partial charge in [-0.3, -0.25) is 4.79 Å². The molecule has 2 aromatic rings. The third-order valence-electron chi connectivity index (χ3n) is 3.49. The van der Waals surface area contributed by atoms with E-state index < -0.39 is 0 Å². The molecular weight excluding hydrogens is 389 g/mol. The van der Waals surface area contributed by atoms with Crippen molar-refractivity contribution in [3.8, 4) is 11.5 Å². The van der Waals surface area contributed by atoms with E-state index in [0.29, 0.717) is 30.6 Å². The fourth-order valence-corrected chi connectivity index (χ4v) is 2.59. The number of carbonyl (C=O) groups is 1. The lowest BCUT2D eigenvalue weighted by atomic mass is 10.0. The lowest BCUT2D eigenvalue weighted by Gasteiger charge is -2.12. The first-order valence-electron chi connectivity index (χ1n) is 8.03. The molecule has 134 valence electrons. The van der Waals surface area contributed by atoms with Gasteiger partial charge in [0.1, 0.15) is 23.9 Å². The Balaban J connectivity index is 1.69. The van der Waals surface area contributed by atoms with Crippen LogP contribution in [0, 0.1) is 5.82 Å². The summed E-state index contributed by atoms with van der Waals surface area (Å²) >= 11 is 3.46. The van der Waals surface area contributed by atoms with E-state index in [1.54, 1.807) is 12.1 Å². The summed E-state index contributed by atoms with van der Waals surface area (Å²) in [5, 5.41) is 2.71. The lowest BCUT2D eigenvalue weighted by molar-refractivity contribution is -0.123. The number of nitrogens with one attached hydrogen (secondary N) is 1. The molecule has 0 fully saturated rings. The normalized spacial score (nSPS) is 10.6. The van der Waals surface area contributed by atoms with Gasteiger partial charge >= 0.3 is 0 Å². The molecule has 2 rings (SSSR count). The van der Waals surface area contributed by atoms with Crippen LogP contribution in [-0.2, 0) is 4.79 Å². The topological polar surface area (TPSA) is 47.6 Å². The fourth-order valence-electron chi connectivity index (χ4n) is 2.08. The van der Waals surface area contributed by atoms with E-state index in [2.05, 4.69) is 35.1 Å². The molecule has 0 heterocycles.